The Bertz CT molecular complexity index is 1780. The number of aromatic amines is 1. The van der Waals surface area contributed by atoms with E-state index in [0.29, 0.717) is 46.3 Å². The number of aliphatic carboxylic acids is 1. The molecule has 9 nitrogen and oxygen atoms in total. The molecule has 0 spiro atoms. The van der Waals surface area contributed by atoms with Gasteiger partial charge in [0.1, 0.15) is 5.65 Å². The van der Waals surface area contributed by atoms with Crippen molar-refractivity contribution in [2.24, 2.45) is 16.6 Å². The first-order chi connectivity index (χ1) is 22.0. The lowest BCUT2D eigenvalue weighted by Gasteiger charge is -2.41. The highest BCUT2D eigenvalue weighted by molar-refractivity contribution is 6.31. The van der Waals surface area contributed by atoms with Crippen molar-refractivity contribution < 1.29 is 14.3 Å². The maximum atomic E-state index is 15.2. The van der Waals surface area contributed by atoms with Gasteiger partial charge < -0.3 is 15.8 Å². The number of aromatic nitrogens is 3. The number of aliphatic imine (C=N–C) groups is 1. The number of carboxylic acids is 1. The molecule has 5 rings (SSSR count). The van der Waals surface area contributed by atoms with Crippen molar-refractivity contribution in [2.75, 3.05) is 13.1 Å². The second-order valence-electron chi connectivity index (χ2n) is 12.7. The van der Waals surface area contributed by atoms with E-state index in [4.69, 9.17) is 17.3 Å². The summed E-state index contributed by atoms with van der Waals surface area (Å²) in [4.78, 5) is 38.6. The number of hydrogen-bond donors (Lipinski definition) is 3. The second kappa shape index (κ2) is 14.6. The van der Waals surface area contributed by atoms with E-state index in [1.807, 2.05) is 35.2 Å². The number of piperidine rings is 1. The third kappa shape index (κ3) is 7.85. The zero-order valence-corrected chi connectivity index (χ0v) is 27.4. The highest BCUT2D eigenvalue weighted by atomic mass is 35.5. The molecule has 4 aromatic rings. The first-order valence-electron chi connectivity index (χ1n) is 15.9. The van der Waals surface area contributed by atoms with E-state index >= 15 is 4.39 Å². The molecular formula is C35H42ClFN6O3. The summed E-state index contributed by atoms with van der Waals surface area (Å²) >= 11 is 6.28. The standard InChI is InChI=1S/C35H42ClFN6O3/c1-21(2)6-4-7-23-16-28(33(37)29(36)17-23)30-18-25-19-43(35(46)41-34(25)40-30)27-12-10-24(11-13-27)31-9-5-8-26(14-15-39-22(3)38)42(31)20-32(44)45/h10-13,16-19,21,26,31H,4-9,14-15,20H2,1-3H3,(H2,38,39)(H,44,45)(H,40,41,46). The van der Waals surface area contributed by atoms with E-state index in [1.165, 1.54) is 4.57 Å². The molecule has 2 aromatic carbocycles. The lowest BCUT2D eigenvalue weighted by atomic mass is 9.89. The van der Waals surface area contributed by atoms with Crippen LogP contribution in [0.2, 0.25) is 5.02 Å². The third-order valence-corrected chi connectivity index (χ3v) is 8.99. The lowest BCUT2D eigenvalue weighted by molar-refractivity contribution is -0.140. The molecule has 1 aliphatic rings. The number of H-pyrrole nitrogens is 1. The van der Waals surface area contributed by atoms with Gasteiger partial charge in [-0.1, -0.05) is 44.0 Å². The topological polar surface area (TPSA) is 130 Å². The predicted molar refractivity (Wildman–Crippen MR) is 181 cm³/mol. The van der Waals surface area contributed by atoms with E-state index in [2.05, 4.69) is 28.8 Å². The van der Waals surface area contributed by atoms with Gasteiger partial charge in [0.05, 0.1) is 28.8 Å². The minimum atomic E-state index is -0.871. The summed E-state index contributed by atoms with van der Waals surface area (Å²) in [5.74, 6) is -0.286. The van der Waals surface area contributed by atoms with Crippen molar-refractivity contribution in [1.82, 2.24) is 19.4 Å². The van der Waals surface area contributed by atoms with Crippen LogP contribution in [-0.4, -0.2) is 55.5 Å². The van der Waals surface area contributed by atoms with Crippen LogP contribution in [0.3, 0.4) is 0 Å². The van der Waals surface area contributed by atoms with Crippen LogP contribution in [0.1, 0.15) is 76.5 Å². The molecule has 0 amide bonds. The van der Waals surface area contributed by atoms with Gasteiger partial charge in [-0.3, -0.25) is 19.3 Å². The van der Waals surface area contributed by atoms with Gasteiger partial charge in [0, 0.05) is 35.8 Å². The Labute approximate surface area is 273 Å². The van der Waals surface area contributed by atoms with Gasteiger partial charge in [-0.15, -0.1) is 0 Å². The summed E-state index contributed by atoms with van der Waals surface area (Å²) in [6.45, 7) is 6.59. The Hall–Kier alpha value is -4.02. The number of fused-ring (bicyclic) bond motifs is 1. The molecule has 0 radical (unpaired) electrons. The van der Waals surface area contributed by atoms with Crippen LogP contribution in [0.4, 0.5) is 4.39 Å². The monoisotopic (exact) mass is 648 g/mol. The Morgan fingerprint density at radius 3 is 2.67 bits per heavy atom. The van der Waals surface area contributed by atoms with E-state index in [9.17, 15) is 14.7 Å². The van der Waals surface area contributed by atoms with Crippen molar-refractivity contribution in [2.45, 2.75) is 77.8 Å². The number of carboxylic acid groups (broad SMARTS) is 1. The molecule has 244 valence electrons. The molecule has 3 heterocycles. The lowest BCUT2D eigenvalue weighted by Crippen LogP contribution is -2.45. The molecule has 1 saturated heterocycles. The van der Waals surface area contributed by atoms with Crippen LogP contribution in [0, 0.1) is 11.7 Å². The number of aryl methyl sites for hydroxylation is 1. The molecule has 0 bridgehead atoms. The van der Waals surface area contributed by atoms with Crippen molar-refractivity contribution in [3.63, 3.8) is 0 Å². The fraction of sp³-hybridized carbons (Fsp3) is 0.429. The van der Waals surface area contributed by atoms with Crippen LogP contribution in [-0.2, 0) is 11.2 Å². The number of nitrogens with zero attached hydrogens (tertiary/aromatic N) is 4. The largest absolute Gasteiger partial charge is 0.480 e. The summed E-state index contributed by atoms with van der Waals surface area (Å²) < 4.78 is 16.6. The number of rotatable bonds is 12. The molecule has 2 unspecified atom stereocenters. The third-order valence-electron chi connectivity index (χ3n) is 8.71. The summed E-state index contributed by atoms with van der Waals surface area (Å²) in [7, 11) is 0. The van der Waals surface area contributed by atoms with Crippen molar-refractivity contribution in [3.8, 4) is 16.9 Å². The molecule has 11 heteroatoms. The van der Waals surface area contributed by atoms with Gasteiger partial charge in [0.15, 0.2) is 5.82 Å². The fourth-order valence-corrected chi connectivity index (χ4v) is 6.71. The van der Waals surface area contributed by atoms with Crippen LogP contribution >= 0.6 is 11.6 Å². The summed E-state index contributed by atoms with van der Waals surface area (Å²) in [6.07, 6.45) is 7.98. The number of benzene rings is 2. The number of hydrogen-bond acceptors (Lipinski definition) is 5. The minimum Gasteiger partial charge on any atom is -0.480 e. The van der Waals surface area contributed by atoms with Gasteiger partial charge in [-0.25, -0.2) is 9.18 Å². The quantitative estimate of drug-likeness (QED) is 0.113. The van der Waals surface area contributed by atoms with Crippen LogP contribution in [0.25, 0.3) is 28.0 Å². The minimum absolute atomic E-state index is 0.0636. The fourth-order valence-electron chi connectivity index (χ4n) is 6.47. The van der Waals surface area contributed by atoms with Gasteiger partial charge in [0.2, 0.25) is 0 Å². The zero-order chi connectivity index (χ0) is 33.0. The SMILES string of the molecule is CC(N)=NCCC1CCCC(c2ccc(-n3cc4cc(-c5cc(CCCC(C)C)cc(Cl)c5F)[nH]c4nc3=O)cc2)N1CC(=O)O. The number of likely N-dealkylation sites (tertiary alicyclic amines) is 1. The van der Waals surface area contributed by atoms with E-state index in [1.54, 1.807) is 25.3 Å². The second-order valence-corrected chi connectivity index (χ2v) is 13.1. The maximum absolute atomic E-state index is 15.2. The molecule has 1 fully saturated rings. The molecule has 46 heavy (non-hydrogen) atoms. The summed E-state index contributed by atoms with van der Waals surface area (Å²) in [6, 6.07) is 12.9. The van der Waals surface area contributed by atoms with Crippen LogP contribution < -0.4 is 11.4 Å². The normalized spacial score (nSPS) is 17.7. The molecule has 4 N–H and O–H groups in total. The molecule has 0 saturated carbocycles. The van der Waals surface area contributed by atoms with Crippen molar-refractivity contribution >= 4 is 34.4 Å². The highest BCUT2D eigenvalue weighted by Gasteiger charge is 2.32. The Kier molecular flexibility index (Phi) is 10.6. The Morgan fingerprint density at radius 1 is 1.22 bits per heavy atom. The Morgan fingerprint density at radius 2 is 1.98 bits per heavy atom. The van der Waals surface area contributed by atoms with Crippen molar-refractivity contribution in [1.29, 1.82) is 0 Å². The molecular weight excluding hydrogens is 607 g/mol. The van der Waals surface area contributed by atoms with E-state index in [0.717, 1.165) is 56.1 Å². The highest BCUT2D eigenvalue weighted by Crippen LogP contribution is 2.36. The number of amidine groups is 1. The van der Waals surface area contributed by atoms with Crippen molar-refractivity contribution in [3.05, 3.63) is 81.1 Å². The van der Waals surface area contributed by atoms with Gasteiger partial charge in [0.25, 0.3) is 0 Å². The molecule has 2 atom stereocenters. The van der Waals surface area contributed by atoms with Gasteiger partial charge >= 0.3 is 11.7 Å². The number of halogens is 2. The average molecular weight is 649 g/mol. The number of carbonyl (C=O) groups is 1. The van der Waals surface area contributed by atoms with Crippen LogP contribution in [0.5, 0.6) is 0 Å². The van der Waals surface area contributed by atoms with E-state index in [-0.39, 0.29) is 23.7 Å². The molecule has 0 aliphatic carbocycles. The average Bonchev–Trinajstić information content (AvgIpc) is 3.41. The number of nitrogens with two attached hydrogens (primary N) is 1. The zero-order valence-electron chi connectivity index (χ0n) is 26.6. The maximum Gasteiger partial charge on any atom is 0.354 e. The predicted octanol–water partition coefficient (Wildman–Crippen LogP) is 6.90. The molecule has 2 aromatic heterocycles. The first kappa shape index (κ1) is 33.3. The van der Waals surface area contributed by atoms with Crippen LogP contribution in [0.15, 0.2) is 58.4 Å². The smallest absolute Gasteiger partial charge is 0.354 e. The summed E-state index contributed by atoms with van der Waals surface area (Å²) in [5, 5.41) is 10.4. The molecule has 1 aliphatic heterocycles. The van der Waals surface area contributed by atoms with Gasteiger partial charge in [-0.05, 0) is 92.8 Å². The first-order valence-corrected chi connectivity index (χ1v) is 16.3. The van der Waals surface area contributed by atoms with E-state index < -0.39 is 17.5 Å². The van der Waals surface area contributed by atoms with Gasteiger partial charge in [-0.2, -0.15) is 4.98 Å². The number of nitrogens with one attached hydrogen (secondary N) is 1. The Balaban J connectivity index is 1.40. The summed E-state index contributed by atoms with van der Waals surface area (Å²) in [5.41, 5.74) is 8.99.